The fourth-order valence-corrected chi connectivity index (χ4v) is 1.94. The van der Waals surface area contributed by atoms with Crippen molar-refractivity contribution >= 4 is 0 Å². The van der Waals surface area contributed by atoms with Crippen LogP contribution in [-0.2, 0) is 18.0 Å². The Morgan fingerprint density at radius 2 is 2.27 bits per heavy atom. The molecule has 0 fully saturated rings. The number of hydrogen-bond donors (Lipinski definition) is 1. The summed E-state index contributed by atoms with van der Waals surface area (Å²) in [5.41, 5.74) is 3.91. The van der Waals surface area contributed by atoms with E-state index in [4.69, 9.17) is 4.74 Å². The molecular weight excluding hydrogens is 186 g/mol. The van der Waals surface area contributed by atoms with Crippen LogP contribution in [0.1, 0.15) is 29.7 Å². The smallest absolute Gasteiger partial charge is 0.0725 e. The molecule has 1 N–H and O–H groups in total. The summed E-state index contributed by atoms with van der Waals surface area (Å²) in [6.07, 6.45) is 1.95. The van der Waals surface area contributed by atoms with Gasteiger partial charge in [-0.2, -0.15) is 0 Å². The molecule has 2 nitrogen and oxygen atoms in total. The number of likely N-dealkylation sites (N-methyl/N-ethyl adjacent to an activating group) is 1. The molecule has 1 heterocycles. The van der Waals surface area contributed by atoms with Crippen LogP contribution in [0.25, 0.3) is 0 Å². The van der Waals surface area contributed by atoms with Crippen LogP contribution in [0.5, 0.6) is 0 Å². The van der Waals surface area contributed by atoms with E-state index in [0.29, 0.717) is 0 Å². The summed E-state index contributed by atoms with van der Waals surface area (Å²) in [5.74, 6) is 0. The lowest BCUT2D eigenvalue weighted by molar-refractivity contribution is 0.134. The summed E-state index contributed by atoms with van der Waals surface area (Å²) >= 11 is 0. The van der Waals surface area contributed by atoms with Gasteiger partial charge in [0.25, 0.3) is 0 Å². The standard InChI is InChI=1S/C13H17NO/c1-3-13(14-4-2)10-5-6-11-8-15-9-12(11)7-10/h3,5-7,13-14H,1,4,8-9H2,2H3. The lowest BCUT2D eigenvalue weighted by atomic mass is 10.0. The van der Waals surface area contributed by atoms with E-state index in [9.17, 15) is 0 Å². The van der Waals surface area contributed by atoms with E-state index in [2.05, 4.69) is 37.0 Å². The number of nitrogens with one attached hydrogen (secondary N) is 1. The number of ether oxygens (including phenoxy) is 1. The third kappa shape index (κ3) is 2.11. The fraction of sp³-hybridized carbons (Fsp3) is 0.385. The maximum absolute atomic E-state index is 5.40. The van der Waals surface area contributed by atoms with Gasteiger partial charge in [-0.15, -0.1) is 6.58 Å². The monoisotopic (exact) mass is 203 g/mol. The number of benzene rings is 1. The molecule has 0 aromatic heterocycles. The molecule has 1 aromatic rings. The van der Waals surface area contributed by atoms with Gasteiger partial charge in [-0.1, -0.05) is 31.2 Å². The molecule has 0 aliphatic carbocycles. The number of rotatable bonds is 4. The zero-order valence-corrected chi connectivity index (χ0v) is 9.12. The molecule has 1 aromatic carbocycles. The van der Waals surface area contributed by atoms with Crippen LogP contribution >= 0.6 is 0 Å². The van der Waals surface area contributed by atoms with E-state index in [1.165, 1.54) is 16.7 Å². The average molecular weight is 203 g/mol. The molecule has 80 valence electrons. The second kappa shape index (κ2) is 4.60. The van der Waals surface area contributed by atoms with E-state index in [0.717, 1.165) is 19.8 Å². The Balaban J connectivity index is 2.24. The first-order chi connectivity index (χ1) is 7.35. The van der Waals surface area contributed by atoms with Crippen molar-refractivity contribution in [3.05, 3.63) is 47.5 Å². The van der Waals surface area contributed by atoms with Crippen molar-refractivity contribution in [2.45, 2.75) is 26.2 Å². The quantitative estimate of drug-likeness (QED) is 0.759. The van der Waals surface area contributed by atoms with Gasteiger partial charge in [0, 0.05) is 0 Å². The van der Waals surface area contributed by atoms with E-state index in [-0.39, 0.29) is 6.04 Å². The molecule has 0 saturated heterocycles. The summed E-state index contributed by atoms with van der Waals surface area (Å²) in [6.45, 7) is 8.42. The first kappa shape index (κ1) is 10.4. The molecule has 2 rings (SSSR count). The normalized spacial score (nSPS) is 16.1. The summed E-state index contributed by atoms with van der Waals surface area (Å²) in [5, 5.41) is 3.38. The van der Waals surface area contributed by atoms with Crippen molar-refractivity contribution < 1.29 is 4.74 Å². The van der Waals surface area contributed by atoms with Gasteiger partial charge in [-0.3, -0.25) is 0 Å². The van der Waals surface area contributed by atoms with Gasteiger partial charge in [0.2, 0.25) is 0 Å². The van der Waals surface area contributed by atoms with Crippen molar-refractivity contribution in [1.29, 1.82) is 0 Å². The van der Waals surface area contributed by atoms with Crippen LogP contribution in [0.3, 0.4) is 0 Å². The Morgan fingerprint density at radius 1 is 1.47 bits per heavy atom. The molecule has 1 aliphatic rings. The van der Waals surface area contributed by atoms with Crippen molar-refractivity contribution in [3.8, 4) is 0 Å². The average Bonchev–Trinajstić information content (AvgIpc) is 2.72. The zero-order chi connectivity index (χ0) is 10.7. The molecule has 0 amide bonds. The predicted molar refractivity (Wildman–Crippen MR) is 61.5 cm³/mol. The SMILES string of the molecule is C=CC(NCC)c1ccc2c(c1)COC2. The van der Waals surface area contributed by atoms with Crippen LogP contribution in [-0.4, -0.2) is 6.54 Å². The van der Waals surface area contributed by atoms with E-state index in [1.807, 2.05) is 6.08 Å². The van der Waals surface area contributed by atoms with Gasteiger partial charge in [-0.05, 0) is 23.2 Å². The minimum atomic E-state index is 0.251. The second-order valence-corrected chi connectivity index (χ2v) is 3.79. The van der Waals surface area contributed by atoms with Crippen molar-refractivity contribution in [3.63, 3.8) is 0 Å². The summed E-state index contributed by atoms with van der Waals surface area (Å²) in [4.78, 5) is 0. The Kier molecular flexibility index (Phi) is 3.19. The summed E-state index contributed by atoms with van der Waals surface area (Å²) in [7, 11) is 0. The second-order valence-electron chi connectivity index (χ2n) is 3.79. The third-order valence-electron chi connectivity index (χ3n) is 2.76. The largest absolute Gasteiger partial charge is 0.372 e. The van der Waals surface area contributed by atoms with Crippen molar-refractivity contribution in [1.82, 2.24) is 5.32 Å². The van der Waals surface area contributed by atoms with E-state index in [1.54, 1.807) is 0 Å². The highest BCUT2D eigenvalue weighted by Gasteiger charge is 2.13. The lowest BCUT2D eigenvalue weighted by Crippen LogP contribution is -2.18. The van der Waals surface area contributed by atoms with Gasteiger partial charge < -0.3 is 10.1 Å². The molecule has 0 radical (unpaired) electrons. The maximum atomic E-state index is 5.40. The molecule has 0 bridgehead atoms. The van der Waals surface area contributed by atoms with Crippen LogP contribution < -0.4 is 5.32 Å². The minimum Gasteiger partial charge on any atom is -0.372 e. The van der Waals surface area contributed by atoms with Crippen molar-refractivity contribution in [2.75, 3.05) is 6.54 Å². The molecule has 1 unspecified atom stereocenters. The van der Waals surface area contributed by atoms with Crippen LogP contribution in [0, 0.1) is 0 Å². The molecule has 0 spiro atoms. The van der Waals surface area contributed by atoms with E-state index < -0.39 is 0 Å². The Morgan fingerprint density at radius 3 is 3.00 bits per heavy atom. The third-order valence-corrected chi connectivity index (χ3v) is 2.76. The van der Waals surface area contributed by atoms with Gasteiger partial charge in [0.15, 0.2) is 0 Å². The van der Waals surface area contributed by atoms with Crippen molar-refractivity contribution in [2.24, 2.45) is 0 Å². The molecule has 1 aliphatic heterocycles. The van der Waals surface area contributed by atoms with E-state index >= 15 is 0 Å². The zero-order valence-electron chi connectivity index (χ0n) is 9.12. The van der Waals surface area contributed by atoms with Crippen LogP contribution in [0.4, 0.5) is 0 Å². The maximum Gasteiger partial charge on any atom is 0.0725 e. The van der Waals surface area contributed by atoms with Gasteiger partial charge in [0.1, 0.15) is 0 Å². The van der Waals surface area contributed by atoms with Gasteiger partial charge in [0.05, 0.1) is 19.3 Å². The summed E-state index contributed by atoms with van der Waals surface area (Å²) < 4.78 is 5.40. The molecule has 15 heavy (non-hydrogen) atoms. The number of fused-ring (bicyclic) bond motifs is 1. The highest BCUT2D eigenvalue weighted by atomic mass is 16.5. The van der Waals surface area contributed by atoms with Crippen LogP contribution in [0.2, 0.25) is 0 Å². The first-order valence-corrected chi connectivity index (χ1v) is 5.40. The fourth-order valence-electron chi connectivity index (χ4n) is 1.94. The minimum absolute atomic E-state index is 0.251. The Bertz CT molecular complexity index is 360. The highest BCUT2D eigenvalue weighted by Crippen LogP contribution is 2.24. The molecule has 0 saturated carbocycles. The molecular formula is C13H17NO. The Labute approximate surface area is 91.0 Å². The topological polar surface area (TPSA) is 21.3 Å². The number of hydrogen-bond acceptors (Lipinski definition) is 2. The summed E-state index contributed by atoms with van der Waals surface area (Å²) in [6, 6.07) is 6.78. The highest BCUT2D eigenvalue weighted by molar-refractivity contribution is 5.35. The predicted octanol–water partition coefficient (Wildman–Crippen LogP) is 2.55. The first-order valence-electron chi connectivity index (χ1n) is 5.40. The van der Waals surface area contributed by atoms with Gasteiger partial charge >= 0.3 is 0 Å². The Hall–Kier alpha value is -1.12. The molecule has 1 atom stereocenters. The van der Waals surface area contributed by atoms with Gasteiger partial charge in [-0.25, -0.2) is 0 Å². The van der Waals surface area contributed by atoms with Crippen LogP contribution in [0.15, 0.2) is 30.9 Å². The molecule has 2 heteroatoms. The lowest BCUT2D eigenvalue weighted by Gasteiger charge is -2.14.